The van der Waals surface area contributed by atoms with E-state index in [9.17, 15) is 9.59 Å². The molecule has 1 atom stereocenters. The van der Waals surface area contributed by atoms with Crippen LogP contribution in [-0.4, -0.2) is 53.3 Å². The van der Waals surface area contributed by atoms with Crippen LogP contribution in [0, 0.1) is 0 Å². The van der Waals surface area contributed by atoms with Crippen LogP contribution >= 0.6 is 11.3 Å². The first kappa shape index (κ1) is 18.8. The molecule has 1 saturated heterocycles. The van der Waals surface area contributed by atoms with Crippen molar-refractivity contribution in [1.29, 1.82) is 0 Å². The maximum absolute atomic E-state index is 12.8. The van der Waals surface area contributed by atoms with Crippen molar-refractivity contribution in [3.05, 3.63) is 12.1 Å². The van der Waals surface area contributed by atoms with Gasteiger partial charge in [0, 0.05) is 18.7 Å². The van der Waals surface area contributed by atoms with Gasteiger partial charge in [0.15, 0.2) is 16.6 Å². The van der Waals surface area contributed by atoms with E-state index in [1.54, 1.807) is 0 Å². The Morgan fingerprint density at radius 3 is 2.68 bits per heavy atom. The molecule has 2 aromatic rings. The Bertz CT molecular complexity index is 877. The number of likely N-dealkylation sites (tertiary alicyclic amines) is 1. The van der Waals surface area contributed by atoms with E-state index >= 15 is 0 Å². The Balaban J connectivity index is 1.49. The number of hydrogen-bond acceptors (Lipinski definition) is 7. The van der Waals surface area contributed by atoms with Gasteiger partial charge in [0.05, 0.1) is 10.2 Å². The maximum atomic E-state index is 12.8. The Morgan fingerprint density at radius 2 is 1.96 bits per heavy atom. The molecule has 28 heavy (non-hydrogen) atoms. The smallest absolute Gasteiger partial charge is 0.410 e. The summed E-state index contributed by atoms with van der Waals surface area (Å²) in [4.78, 5) is 31.2. The lowest BCUT2D eigenvalue weighted by Crippen LogP contribution is -2.45. The number of hydrogen-bond donors (Lipinski definition) is 1. The van der Waals surface area contributed by atoms with Gasteiger partial charge >= 0.3 is 6.09 Å². The van der Waals surface area contributed by atoms with E-state index in [1.807, 2.05) is 32.9 Å². The van der Waals surface area contributed by atoms with Crippen LogP contribution in [0.1, 0.15) is 33.6 Å². The molecule has 1 aromatic carbocycles. The van der Waals surface area contributed by atoms with Crippen LogP contribution in [0.3, 0.4) is 0 Å². The summed E-state index contributed by atoms with van der Waals surface area (Å²) in [5, 5.41) is 3.33. The molecule has 1 fully saturated rings. The summed E-state index contributed by atoms with van der Waals surface area (Å²) in [7, 11) is 0. The molecule has 1 aromatic heterocycles. The van der Waals surface area contributed by atoms with Gasteiger partial charge in [0.1, 0.15) is 24.9 Å². The topological polar surface area (TPSA) is 90.0 Å². The Labute approximate surface area is 166 Å². The van der Waals surface area contributed by atoms with Gasteiger partial charge in [-0.05, 0) is 33.6 Å². The van der Waals surface area contributed by atoms with Gasteiger partial charge < -0.3 is 19.5 Å². The zero-order valence-electron chi connectivity index (χ0n) is 16.1. The van der Waals surface area contributed by atoms with Crippen molar-refractivity contribution in [2.45, 2.75) is 45.3 Å². The minimum atomic E-state index is -0.600. The molecule has 0 spiro atoms. The number of carbonyl (C=O) groups is 2. The van der Waals surface area contributed by atoms with E-state index < -0.39 is 17.7 Å². The van der Waals surface area contributed by atoms with Gasteiger partial charge in [-0.15, -0.1) is 0 Å². The summed E-state index contributed by atoms with van der Waals surface area (Å²) < 4.78 is 17.5. The van der Waals surface area contributed by atoms with E-state index in [2.05, 4.69) is 10.3 Å². The number of amides is 2. The molecule has 8 nitrogen and oxygen atoms in total. The van der Waals surface area contributed by atoms with E-state index in [0.29, 0.717) is 42.8 Å². The summed E-state index contributed by atoms with van der Waals surface area (Å²) in [6, 6.07) is 3.14. The molecule has 2 aliphatic heterocycles. The second-order valence-electron chi connectivity index (χ2n) is 7.80. The second kappa shape index (κ2) is 7.12. The highest BCUT2D eigenvalue weighted by Gasteiger charge is 2.37. The molecule has 9 heteroatoms. The minimum absolute atomic E-state index is 0.250. The van der Waals surface area contributed by atoms with Crippen LogP contribution in [0.25, 0.3) is 10.2 Å². The standard InChI is InChI=1S/C19H23N3O5S/c1-19(2,3)27-18(24)22-6-4-5-12(22)16(23)21-17-20-11-9-13-14(10-15(11)28-17)26-8-7-25-13/h9-10,12H,4-8H2,1-3H3,(H,20,21,23). The fourth-order valence-corrected chi connectivity index (χ4v) is 4.16. The first-order valence-corrected chi connectivity index (χ1v) is 10.1. The number of aromatic nitrogens is 1. The molecule has 2 amide bonds. The third-order valence-electron chi connectivity index (χ3n) is 4.47. The van der Waals surface area contributed by atoms with Crippen LogP contribution in [0.15, 0.2) is 12.1 Å². The molecule has 0 aliphatic carbocycles. The molecule has 0 saturated carbocycles. The summed E-state index contributed by atoms with van der Waals surface area (Å²) in [5.41, 5.74) is 0.136. The van der Waals surface area contributed by atoms with Crippen molar-refractivity contribution in [3.63, 3.8) is 0 Å². The summed E-state index contributed by atoms with van der Waals surface area (Å²) in [6.45, 7) is 6.96. The lowest BCUT2D eigenvalue weighted by molar-refractivity contribution is -0.120. The van der Waals surface area contributed by atoms with Gasteiger partial charge in [-0.1, -0.05) is 11.3 Å². The quantitative estimate of drug-likeness (QED) is 0.824. The normalized spacial score (nSPS) is 19.0. The molecule has 0 radical (unpaired) electrons. The van der Waals surface area contributed by atoms with E-state index in [-0.39, 0.29) is 5.91 Å². The van der Waals surface area contributed by atoms with Gasteiger partial charge in [-0.3, -0.25) is 9.69 Å². The number of anilines is 1. The van der Waals surface area contributed by atoms with Crippen molar-refractivity contribution >= 4 is 38.7 Å². The van der Waals surface area contributed by atoms with E-state index in [1.165, 1.54) is 16.2 Å². The Morgan fingerprint density at radius 1 is 1.25 bits per heavy atom. The van der Waals surface area contributed by atoms with Gasteiger partial charge in [-0.2, -0.15) is 0 Å². The van der Waals surface area contributed by atoms with Crippen LogP contribution < -0.4 is 14.8 Å². The van der Waals surface area contributed by atoms with Crippen molar-refractivity contribution in [1.82, 2.24) is 9.88 Å². The van der Waals surface area contributed by atoms with Crippen LogP contribution in [0.2, 0.25) is 0 Å². The van der Waals surface area contributed by atoms with Gasteiger partial charge in [0.2, 0.25) is 5.91 Å². The molecule has 1 unspecified atom stereocenters. The lowest BCUT2D eigenvalue weighted by Gasteiger charge is -2.27. The zero-order valence-corrected chi connectivity index (χ0v) is 16.9. The number of nitrogens with one attached hydrogen (secondary N) is 1. The van der Waals surface area contributed by atoms with Crippen LogP contribution in [0.4, 0.5) is 9.93 Å². The van der Waals surface area contributed by atoms with Crippen molar-refractivity contribution in [2.24, 2.45) is 0 Å². The molecule has 0 bridgehead atoms. The highest BCUT2D eigenvalue weighted by Crippen LogP contribution is 2.38. The molecular formula is C19H23N3O5S. The Hall–Kier alpha value is -2.55. The second-order valence-corrected chi connectivity index (χ2v) is 8.83. The monoisotopic (exact) mass is 405 g/mol. The SMILES string of the molecule is CC(C)(C)OC(=O)N1CCCC1C(=O)Nc1nc2cc3c(cc2s1)OCCO3. The molecular weight excluding hydrogens is 382 g/mol. The fourth-order valence-electron chi connectivity index (χ4n) is 3.29. The molecule has 4 rings (SSSR count). The molecule has 150 valence electrons. The third kappa shape index (κ3) is 3.84. The number of benzene rings is 1. The number of carbonyl (C=O) groups excluding carboxylic acids is 2. The highest BCUT2D eigenvalue weighted by atomic mass is 32.1. The number of rotatable bonds is 2. The maximum Gasteiger partial charge on any atom is 0.410 e. The lowest BCUT2D eigenvalue weighted by atomic mass is 10.2. The van der Waals surface area contributed by atoms with Crippen LogP contribution in [-0.2, 0) is 9.53 Å². The van der Waals surface area contributed by atoms with E-state index in [0.717, 1.165) is 16.6 Å². The molecule has 2 aliphatic rings. The first-order chi connectivity index (χ1) is 13.3. The minimum Gasteiger partial charge on any atom is -0.486 e. The molecule has 1 N–H and O–H groups in total. The van der Waals surface area contributed by atoms with Crippen LogP contribution in [0.5, 0.6) is 11.5 Å². The Kier molecular flexibility index (Phi) is 4.78. The first-order valence-electron chi connectivity index (χ1n) is 9.31. The number of nitrogens with zero attached hydrogens (tertiary/aromatic N) is 2. The van der Waals surface area contributed by atoms with Gasteiger partial charge in [-0.25, -0.2) is 9.78 Å². The fraction of sp³-hybridized carbons (Fsp3) is 0.526. The summed E-state index contributed by atoms with van der Waals surface area (Å²) >= 11 is 1.36. The molecule has 3 heterocycles. The largest absolute Gasteiger partial charge is 0.486 e. The summed E-state index contributed by atoms with van der Waals surface area (Å²) in [6.07, 6.45) is 0.904. The number of ether oxygens (including phenoxy) is 3. The number of thiazole rings is 1. The van der Waals surface area contributed by atoms with Crippen molar-refractivity contribution in [3.8, 4) is 11.5 Å². The van der Waals surface area contributed by atoms with Crippen molar-refractivity contribution in [2.75, 3.05) is 25.1 Å². The van der Waals surface area contributed by atoms with Gasteiger partial charge in [0.25, 0.3) is 0 Å². The zero-order chi connectivity index (χ0) is 19.9. The van der Waals surface area contributed by atoms with E-state index in [4.69, 9.17) is 14.2 Å². The highest BCUT2D eigenvalue weighted by molar-refractivity contribution is 7.22. The predicted octanol–water partition coefficient (Wildman–Crippen LogP) is 3.41. The third-order valence-corrected chi connectivity index (χ3v) is 5.40. The predicted molar refractivity (Wildman–Crippen MR) is 105 cm³/mol. The van der Waals surface area contributed by atoms with Crippen molar-refractivity contribution < 1.29 is 23.8 Å². The number of fused-ring (bicyclic) bond motifs is 2. The average molecular weight is 405 g/mol. The average Bonchev–Trinajstić information content (AvgIpc) is 3.24. The summed E-state index contributed by atoms with van der Waals surface area (Å²) in [5.74, 6) is 1.10.